The topological polar surface area (TPSA) is 32.3 Å². The molecule has 1 aliphatic heterocycles. The van der Waals surface area contributed by atoms with E-state index in [1.54, 1.807) is 6.92 Å². The van der Waals surface area contributed by atoms with Crippen molar-refractivity contribution in [2.45, 2.75) is 13.3 Å². The van der Waals surface area contributed by atoms with Crippen molar-refractivity contribution in [3.63, 3.8) is 0 Å². The van der Waals surface area contributed by atoms with Gasteiger partial charge >= 0.3 is 0 Å². The molecule has 1 heterocycles. The van der Waals surface area contributed by atoms with E-state index >= 15 is 0 Å². The Morgan fingerprint density at radius 2 is 2.33 bits per heavy atom. The molecule has 0 saturated heterocycles. The molecule has 1 aliphatic rings. The molecule has 0 bridgehead atoms. The maximum absolute atomic E-state index is 11.5. The summed E-state index contributed by atoms with van der Waals surface area (Å²) in [5.41, 5.74) is 2.00. The number of carbonyl (C=O) groups is 1. The van der Waals surface area contributed by atoms with Crippen molar-refractivity contribution in [2.75, 3.05) is 23.3 Å². The van der Waals surface area contributed by atoms with Crippen LogP contribution in [0.15, 0.2) is 22.7 Å². The number of amides is 1. The molecule has 0 atom stereocenters. The normalized spacial score (nSPS) is 15.2. The number of halogens is 1. The van der Waals surface area contributed by atoms with Gasteiger partial charge in [-0.15, -0.1) is 0 Å². The standard InChI is InChI=1S/C11H13BrN2O/c1-8(15)14-6-2-5-13-10-4-3-9(12)7-11(10)14/h3-4,7,13H,2,5-6H2,1H3. The van der Waals surface area contributed by atoms with E-state index in [1.807, 2.05) is 23.1 Å². The summed E-state index contributed by atoms with van der Waals surface area (Å²) < 4.78 is 0.996. The van der Waals surface area contributed by atoms with E-state index in [0.717, 1.165) is 35.4 Å². The molecule has 1 aromatic rings. The van der Waals surface area contributed by atoms with E-state index < -0.39 is 0 Å². The molecule has 2 rings (SSSR count). The highest BCUT2D eigenvalue weighted by atomic mass is 79.9. The van der Waals surface area contributed by atoms with Crippen molar-refractivity contribution in [3.05, 3.63) is 22.7 Å². The number of fused-ring (bicyclic) bond motifs is 1. The molecule has 0 aliphatic carbocycles. The van der Waals surface area contributed by atoms with Crippen molar-refractivity contribution in [1.29, 1.82) is 0 Å². The molecule has 0 fully saturated rings. The van der Waals surface area contributed by atoms with Gasteiger partial charge in [0.2, 0.25) is 5.91 Å². The lowest BCUT2D eigenvalue weighted by Crippen LogP contribution is -2.28. The Morgan fingerprint density at radius 3 is 3.07 bits per heavy atom. The first-order valence-corrected chi connectivity index (χ1v) is 5.79. The summed E-state index contributed by atoms with van der Waals surface area (Å²) >= 11 is 3.43. The zero-order chi connectivity index (χ0) is 10.8. The summed E-state index contributed by atoms with van der Waals surface area (Å²) in [7, 11) is 0. The molecule has 1 amide bonds. The zero-order valence-corrected chi connectivity index (χ0v) is 10.2. The Morgan fingerprint density at radius 1 is 1.53 bits per heavy atom. The number of nitrogens with zero attached hydrogens (tertiary/aromatic N) is 1. The van der Waals surface area contributed by atoms with Crippen LogP contribution in [0, 0.1) is 0 Å². The average molecular weight is 269 g/mol. The summed E-state index contributed by atoms with van der Waals surface area (Å²) in [5, 5.41) is 3.32. The number of anilines is 2. The Bertz CT molecular complexity index is 392. The van der Waals surface area contributed by atoms with Gasteiger partial charge in [-0.2, -0.15) is 0 Å². The van der Waals surface area contributed by atoms with E-state index in [2.05, 4.69) is 21.2 Å². The molecular weight excluding hydrogens is 256 g/mol. The van der Waals surface area contributed by atoms with Crippen molar-refractivity contribution >= 4 is 33.2 Å². The molecule has 0 spiro atoms. The third-order valence-corrected chi connectivity index (χ3v) is 3.00. The zero-order valence-electron chi connectivity index (χ0n) is 8.59. The fraction of sp³-hybridized carbons (Fsp3) is 0.364. The first kappa shape index (κ1) is 10.5. The van der Waals surface area contributed by atoms with Crippen molar-refractivity contribution < 1.29 is 4.79 Å². The van der Waals surface area contributed by atoms with Crippen molar-refractivity contribution in [2.24, 2.45) is 0 Å². The van der Waals surface area contributed by atoms with Crippen LogP contribution in [0.1, 0.15) is 13.3 Å². The average Bonchev–Trinajstić information content (AvgIpc) is 2.39. The van der Waals surface area contributed by atoms with Crippen LogP contribution in [0.5, 0.6) is 0 Å². The fourth-order valence-corrected chi connectivity index (χ4v) is 2.13. The Labute approximate surface area is 97.6 Å². The maximum Gasteiger partial charge on any atom is 0.223 e. The smallest absolute Gasteiger partial charge is 0.223 e. The van der Waals surface area contributed by atoms with Gasteiger partial charge in [0.25, 0.3) is 0 Å². The third kappa shape index (κ3) is 2.15. The largest absolute Gasteiger partial charge is 0.383 e. The molecule has 15 heavy (non-hydrogen) atoms. The quantitative estimate of drug-likeness (QED) is 0.785. The summed E-state index contributed by atoms with van der Waals surface area (Å²) in [6.07, 6.45) is 0.978. The van der Waals surface area contributed by atoms with Gasteiger partial charge in [-0.25, -0.2) is 0 Å². The molecular formula is C11H13BrN2O. The summed E-state index contributed by atoms with van der Waals surface area (Å²) in [6.45, 7) is 3.31. The van der Waals surface area contributed by atoms with Gasteiger partial charge in [-0.05, 0) is 24.6 Å². The fourth-order valence-electron chi connectivity index (χ4n) is 1.79. The first-order valence-electron chi connectivity index (χ1n) is 5.00. The number of carbonyl (C=O) groups excluding carboxylic acids is 1. The van der Waals surface area contributed by atoms with Gasteiger partial charge in [0, 0.05) is 24.5 Å². The monoisotopic (exact) mass is 268 g/mol. The van der Waals surface area contributed by atoms with Crippen LogP contribution in [0.3, 0.4) is 0 Å². The minimum absolute atomic E-state index is 0.0954. The predicted octanol–water partition coefficient (Wildman–Crippen LogP) is 2.62. The predicted molar refractivity (Wildman–Crippen MR) is 65.3 cm³/mol. The SMILES string of the molecule is CC(=O)N1CCCNc2ccc(Br)cc21. The van der Waals surface area contributed by atoms with Crippen LogP contribution in [-0.2, 0) is 4.79 Å². The van der Waals surface area contributed by atoms with Crippen LogP contribution >= 0.6 is 15.9 Å². The van der Waals surface area contributed by atoms with E-state index in [9.17, 15) is 4.79 Å². The number of nitrogens with one attached hydrogen (secondary N) is 1. The third-order valence-electron chi connectivity index (χ3n) is 2.50. The lowest BCUT2D eigenvalue weighted by molar-refractivity contribution is -0.116. The Kier molecular flexibility index (Phi) is 2.95. The molecule has 4 heteroatoms. The van der Waals surface area contributed by atoms with Crippen LogP contribution in [0.2, 0.25) is 0 Å². The molecule has 3 nitrogen and oxygen atoms in total. The highest BCUT2D eigenvalue weighted by molar-refractivity contribution is 9.10. The first-order chi connectivity index (χ1) is 7.18. The van der Waals surface area contributed by atoms with Crippen LogP contribution < -0.4 is 10.2 Å². The number of rotatable bonds is 0. The number of hydrogen-bond acceptors (Lipinski definition) is 2. The summed E-state index contributed by atoms with van der Waals surface area (Å²) in [6, 6.07) is 5.96. The molecule has 0 radical (unpaired) electrons. The highest BCUT2D eigenvalue weighted by Crippen LogP contribution is 2.31. The molecule has 0 aromatic heterocycles. The lowest BCUT2D eigenvalue weighted by Gasteiger charge is -2.20. The second kappa shape index (κ2) is 4.23. The number of hydrogen-bond donors (Lipinski definition) is 1. The van der Waals surface area contributed by atoms with Gasteiger partial charge in [-0.3, -0.25) is 4.79 Å². The second-order valence-corrected chi connectivity index (χ2v) is 4.53. The Balaban J connectivity index is 2.46. The lowest BCUT2D eigenvalue weighted by atomic mass is 10.2. The maximum atomic E-state index is 11.5. The minimum atomic E-state index is 0.0954. The molecule has 0 unspecified atom stereocenters. The van der Waals surface area contributed by atoms with Crippen LogP contribution in [-0.4, -0.2) is 19.0 Å². The van der Waals surface area contributed by atoms with Crippen LogP contribution in [0.4, 0.5) is 11.4 Å². The minimum Gasteiger partial charge on any atom is -0.383 e. The van der Waals surface area contributed by atoms with Gasteiger partial charge in [0.15, 0.2) is 0 Å². The van der Waals surface area contributed by atoms with Gasteiger partial charge in [0.05, 0.1) is 11.4 Å². The van der Waals surface area contributed by atoms with E-state index in [1.165, 1.54) is 0 Å². The van der Waals surface area contributed by atoms with Crippen molar-refractivity contribution in [1.82, 2.24) is 0 Å². The van der Waals surface area contributed by atoms with Gasteiger partial charge in [0.1, 0.15) is 0 Å². The Hall–Kier alpha value is -1.03. The van der Waals surface area contributed by atoms with Gasteiger partial charge in [-0.1, -0.05) is 15.9 Å². The molecule has 0 saturated carbocycles. The molecule has 80 valence electrons. The van der Waals surface area contributed by atoms with E-state index in [0.29, 0.717) is 0 Å². The highest BCUT2D eigenvalue weighted by Gasteiger charge is 2.17. The molecule has 1 aromatic carbocycles. The van der Waals surface area contributed by atoms with Gasteiger partial charge < -0.3 is 10.2 Å². The second-order valence-electron chi connectivity index (χ2n) is 3.61. The molecule has 1 N–H and O–H groups in total. The van der Waals surface area contributed by atoms with E-state index in [-0.39, 0.29) is 5.91 Å². The summed E-state index contributed by atoms with van der Waals surface area (Å²) in [4.78, 5) is 13.3. The number of benzene rings is 1. The summed E-state index contributed by atoms with van der Waals surface area (Å²) in [5.74, 6) is 0.0954. The van der Waals surface area contributed by atoms with E-state index in [4.69, 9.17) is 0 Å². The van der Waals surface area contributed by atoms with Crippen LogP contribution in [0.25, 0.3) is 0 Å². The van der Waals surface area contributed by atoms with Crippen molar-refractivity contribution in [3.8, 4) is 0 Å².